The number of aryl methyl sites for hydroxylation is 3. The zero-order chi connectivity index (χ0) is 23.1. The molecule has 0 amide bonds. The van der Waals surface area contributed by atoms with Crippen LogP contribution in [0.2, 0.25) is 3.34 Å². The summed E-state index contributed by atoms with van der Waals surface area (Å²) in [4.78, 5) is 0. The van der Waals surface area contributed by atoms with E-state index in [9.17, 15) is 0 Å². The normalized spacial score (nSPS) is 17.1. The van der Waals surface area contributed by atoms with E-state index in [1.807, 2.05) is 0 Å². The minimum absolute atomic E-state index is 0. The number of benzene rings is 3. The molecule has 0 fully saturated rings. The Balaban J connectivity index is 0.00000204. The fraction of sp³-hybridized carbons (Fsp3) is 0.267. The van der Waals surface area contributed by atoms with Crippen LogP contribution in [-0.4, -0.2) is 8.07 Å². The van der Waals surface area contributed by atoms with Gasteiger partial charge >= 0.3 is 208 Å². The van der Waals surface area contributed by atoms with Crippen LogP contribution in [0.3, 0.4) is 0 Å². The Kier molecular flexibility index (Phi) is 11.0. The number of rotatable bonds is 4. The average Bonchev–Trinajstić information content (AvgIpc) is 3.12. The van der Waals surface area contributed by atoms with Crippen molar-refractivity contribution >= 4 is 23.6 Å². The summed E-state index contributed by atoms with van der Waals surface area (Å²) in [6.45, 7) is 13.8. The second kappa shape index (κ2) is 12.0. The van der Waals surface area contributed by atoms with Crippen LogP contribution in [0.15, 0.2) is 96.6 Å². The number of halogens is 3. The molecule has 0 spiro atoms. The smallest absolute Gasteiger partial charge is 1.00 e. The molecular weight excluding hydrogens is 543 g/mol. The Hall–Kier alpha value is -1.06. The molecule has 0 bridgehead atoms. The number of hydrogen-bond donors (Lipinski definition) is 0. The second-order valence-electron chi connectivity index (χ2n) is 10.4. The van der Waals surface area contributed by atoms with Crippen LogP contribution in [0.1, 0.15) is 37.5 Å². The van der Waals surface area contributed by atoms with Gasteiger partial charge < -0.3 is 37.2 Å². The first-order valence-corrected chi connectivity index (χ1v) is 14.2. The maximum Gasteiger partial charge on any atom is -1.00 e. The molecule has 0 saturated carbocycles. The van der Waals surface area contributed by atoms with Gasteiger partial charge in [-0.25, -0.2) is 0 Å². The van der Waals surface area contributed by atoms with Crippen molar-refractivity contribution in [1.29, 1.82) is 0 Å². The molecule has 0 aliphatic heterocycles. The van der Waals surface area contributed by atoms with Crippen molar-refractivity contribution in [1.82, 2.24) is 0 Å². The van der Waals surface area contributed by atoms with Gasteiger partial charge in [-0.15, -0.1) is 0 Å². The molecule has 0 N–H and O–H groups in total. The van der Waals surface area contributed by atoms with Gasteiger partial charge in [0.2, 0.25) is 0 Å². The van der Waals surface area contributed by atoms with Crippen LogP contribution in [-0.2, 0) is 20.4 Å². The molecule has 35 heavy (non-hydrogen) atoms. The minimum Gasteiger partial charge on any atom is -1.00 e. The summed E-state index contributed by atoms with van der Waals surface area (Å²) in [5.74, 6) is 0. The quantitative estimate of drug-likeness (QED) is 0.228. The van der Waals surface area contributed by atoms with Gasteiger partial charge in [-0.1, -0.05) is 0 Å². The SMILES string of the molecule is Cc1cccc([Si](c2cccc(C)c2)(c2cccc(C)c2)[C]2([Ti+3])C=CC=C2C(C)(C)C)c1.[Cl-].[Cl-].[Cl-]. The van der Waals surface area contributed by atoms with Gasteiger partial charge in [-0.3, -0.25) is 0 Å². The third-order valence-corrected chi connectivity index (χ3v) is 14.4. The fourth-order valence-corrected chi connectivity index (χ4v) is 14.3. The average molecular weight is 576 g/mol. The standard InChI is InChI=1S/C30H33Si.3ClH.Ti/c1-22-11-7-14-25(19-22)31(26-15-8-12-23(2)20-26,27-16-9-13-24(3)21-27)29-18-10-17-28(29)30(4,5)6;;;;/h7-21H,1-6H3;3*1H;/q;;;;+3/p-3. The van der Waals surface area contributed by atoms with E-state index < -0.39 is 8.07 Å². The van der Waals surface area contributed by atoms with Gasteiger partial charge in [0, 0.05) is 0 Å². The third kappa shape index (κ3) is 5.62. The molecule has 0 aromatic heterocycles. The van der Waals surface area contributed by atoms with Crippen LogP contribution < -0.4 is 52.8 Å². The Labute approximate surface area is 243 Å². The van der Waals surface area contributed by atoms with Crippen LogP contribution >= 0.6 is 0 Å². The van der Waals surface area contributed by atoms with Crippen molar-refractivity contribution in [2.45, 2.75) is 44.9 Å². The molecule has 5 heteroatoms. The molecular formula is C30H33Cl3SiTi. The number of allylic oxidation sites excluding steroid dienone is 4. The van der Waals surface area contributed by atoms with Crippen molar-refractivity contribution in [3.8, 4) is 0 Å². The van der Waals surface area contributed by atoms with Crippen LogP contribution in [0, 0.1) is 26.2 Å². The van der Waals surface area contributed by atoms with E-state index in [0.717, 1.165) is 0 Å². The topological polar surface area (TPSA) is 0 Å². The van der Waals surface area contributed by atoms with Crippen molar-refractivity contribution in [2.24, 2.45) is 5.41 Å². The first-order valence-electron chi connectivity index (χ1n) is 11.5. The van der Waals surface area contributed by atoms with Crippen molar-refractivity contribution in [3.63, 3.8) is 0 Å². The first-order chi connectivity index (χ1) is 15.1. The molecule has 1 aliphatic carbocycles. The first kappa shape index (κ1) is 32.0. The van der Waals surface area contributed by atoms with Gasteiger partial charge in [0.25, 0.3) is 0 Å². The Morgan fingerprint density at radius 3 is 1.34 bits per heavy atom. The molecule has 3 aromatic carbocycles. The summed E-state index contributed by atoms with van der Waals surface area (Å²) in [7, 11) is -2.54. The molecule has 1 aliphatic rings. The Bertz CT molecular complexity index is 1120. The Morgan fingerprint density at radius 2 is 1.03 bits per heavy atom. The molecule has 0 radical (unpaired) electrons. The van der Waals surface area contributed by atoms with Gasteiger partial charge in [-0.2, -0.15) is 0 Å². The summed E-state index contributed by atoms with van der Waals surface area (Å²) in [5, 5.41) is 4.45. The zero-order valence-corrected chi connectivity index (χ0v) is 26.1. The maximum atomic E-state index is 2.51. The van der Waals surface area contributed by atoms with E-state index in [2.05, 4.69) is 153 Å². The van der Waals surface area contributed by atoms with Crippen molar-refractivity contribution in [3.05, 3.63) is 113 Å². The van der Waals surface area contributed by atoms with E-state index in [-0.39, 0.29) is 46.0 Å². The molecule has 182 valence electrons. The summed E-state index contributed by atoms with van der Waals surface area (Å²) in [5.41, 5.74) is 5.58. The maximum absolute atomic E-state index is 2.54. The van der Waals surface area contributed by atoms with Crippen LogP contribution in [0.4, 0.5) is 0 Å². The van der Waals surface area contributed by atoms with Crippen molar-refractivity contribution < 1.29 is 57.7 Å². The molecule has 0 saturated heterocycles. The van der Waals surface area contributed by atoms with E-state index in [1.165, 1.54) is 37.8 Å². The van der Waals surface area contributed by atoms with Crippen LogP contribution in [0.5, 0.6) is 0 Å². The molecule has 0 nitrogen and oxygen atoms in total. The molecule has 4 rings (SSSR count). The van der Waals surface area contributed by atoms with Gasteiger partial charge in [0.05, 0.1) is 0 Å². The van der Waals surface area contributed by atoms with E-state index in [4.69, 9.17) is 0 Å². The molecule has 3 aromatic rings. The largest absolute Gasteiger partial charge is 1.00 e. The van der Waals surface area contributed by atoms with Crippen molar-refractivity contribution in [2.75, 3.05) is 0 Å². The predicted octanol–water partition coefficient (Wildman–Crippen LogP) is -3.12. The van der Waals surface area contributed by atoms with E-state index in [0.29, 0.717) is 0 Å². The molecule has 1 atom stereocenters. The molecule has 1 unspecified atom stereocenters. The van der Waals surface area contributed by atoms with Gasteiger partial charge in [0.1, 0.15) is 0 Å². The van der Waals surface area contributed by atoms with Crippen LogP contribution in [0.25, 0.3) is 0 Å². The van der Waals surface area contributed by atoms with E-state index >= 15 is 0 Å². The predicted molar refractivity (Wildman–Crippen MR) is 138 cm³/mol. The molecule has 0 heterocycles. The number of hydrogen-bond acceptors (Lipinski definition) is 0. The zero-order valence-electron chi connectivity index (χ0n) is 21.3. The summed E-state index contributed by atoms with van der Waals surface area (Å²) < 4.78 is -0.0827. The fourth-order valence-electron chi connectivity index (χ4n) is 5.50. The summed E-state index contributed by atoms with van der Waals surface area (Å²) in [6.07, 6.45) is 7.21. The van der Waals surface area contributed by atoms with E-state index in [1.54, 1.807) is 0 Å². The minimum atomic E-state index is -2.54. The van der Waals surface area contributed by atoms with Gasteiger partial charge in [-0.05, 0) is 0 Å². The summed E-state index contributed by atoms with van der Waals surface area (Å²) >= 11 is 2.51. The monoisotopic (exact) mass is 574 g/mol. The summed E-state index contributed by atoms with van der Waals surface area (Å²) in [6, 6.07) is 28.0. The van der Waals surface area contributed by atoms with Gasteiger partial charge in [0.15, 0.2) is 0 Å². The second-order valence-corrected chi connectivity index (χ2v) is 16.4. The third-order valence-electron chi connectivity index (χ3n) is 6.79. The Morgan fingerprint density at radius 1 is 0.657 bits per heavy atom.